The van der Waals surface area contributed by atoms with Gasteiger partial charge in [0.15, 0.2) is 11.5 Å². The summed E-state index contributed by atoms with van der Waals surface area (Å²) in [7, 11) is 0. The molecule has 1 heterocycles. The van der Waals surface area contributed by atoms with E-state index in [2.05, 4.69) is 15.8 Å². The molecule has 0 bridgehead atoms. The number of halogens is 1. The van der Waals surface area contributed by atoms with Gasteiger partial charge in [0.1, 0.15) is 0 Å². The maximum absolute atomic E-state index is 11.5. The van der Waals surface area contributed by atoms with Crippen LogP contribution in [0.1, 0.15) is 24.8 Å². The lowest BCUT2D eigenvalue weighted by atomic mass is 10.2. The van der Waals surface area contributed by atoms with Crippen molar-refractivity contribution in [3.63, 3.8) is 0 Å². The number of fused-ring (bicyclic) bond motifs is 1. The molecule has 3 rings (SSSR count). The first-order chi connectivity index (χ1) is 11.1. The molecule has 1 aromatic carbocycles. The number of nitrogens with zero attached hydrogens (tertiary/aromatic N) is 1. The first-order valence-corrected chi connectivity index (χ1v) is 7.74. The zero-order valence-corrected chi connectivity index (χ0v) is 13.1. The molecular formula is C15H16ClN3O4. The van der Waals surface area contributed by atoms with Gasteiger partial charge in [-0.15, -0.1) is 0 Å². The highest BCUT2D eigenvalue weighted by Crippen LogP contribution is 2.37. The van der Waals surface area contributed by atoms with Crippen LogP contribution in [-0.2, 0) is 9.59 Å². The zero-order valence-electron chi connectivity index (χ0n) is 12.3. The van der Waals surface area contributed by atoms with Crippen LogP contribution >= 0.6 is 11.6 Å². The summed E-state index contributed by atoms with van der Waals surface area (Å²) in [5.41, 5.74) is 2.81. The fourth-order valence-corrected chi connectivity index (χ4v) is 2.29. The van der Waals surface area contributed by atoms with Crippen LogP contribution < -0.4 is 20.2 Å². The van der Waals surface area contributed by atoms with Crippen LogP contribution in [0, 0.1) is 0 Å². The molecule has 8 heteroatoms. The first kappa shape index (κ1) is 15.6. The maximum atomic E-state index is 11.5. The van der Waals surface area contributed by atoms with Crippen molar-refractivity contribution in [2.45, 2.75) is 25.3 Å². The Labute approximate surface area is 138 Å². The summed E-state index contributed by atoms with van der Waals surface area (Å²) < 4.78 is 11.1. The fraction of sp³-hybridized carbons (Fsp3) is 0.400. The van der Waals surface area contributed by atoms with E-state index in [1.54, 1.807) is 12.1 Å². The number of hydrogen-bond donors (Lipinski definition) is 2. The number of hydrogen-bond acceptors (Lipinski definition) is 5. The third-order valence-corrected chi connectivity index (χ3v) is 3.60. The molecule has 0 saturated heterocycles. The van der Waals surface area contributed by atoms with Crippen molar-refractivity contribution in [3.8, 4) is 11.5 Å². The maximum Gasteiger partial charge on any atom is 0.329 e. The molecule has 1 saturated carbocycles. The molecule has 0 radical (unpaired) electrons. The summed E-state index contributed by atoms with van der Waals surface area (Å²) in [4.78, 5) is 23.0. The number of rotatable bonds is 3. The number of hydrazone groups is 1. The highest BCUT2D eigenvalue weighted by molar-refractivity contribution is 6.35. The quantitative estimate of drug-likeness (QED) is 0.493. The summed E-state index contributed by atoms with van der Waals surface area (Å²) in [5.74, 6) is -0.432. The Balaban J connectivity index is 1.62. The van der Waals surface area contributed by atoms with E-state index >= 15 is 0 Å². The molecule has 2 aliphatic rings. The van der Waals surface area contributed by atoms with Crippen molar-refractivity contribution >= 4 is 29.6 Å². The number of nitrogens with one attached hydrogen (secondary N) is 2. The van der Waals surface area contributed by atoms with Gasteiger partial charge in [-0.3, -0.25) is 9.59 Å². The molecule has 1 aromatic rings. The van der Waals surface area contributed by atoms with E-state index in [-0.39, 0.29) is 6.04 Å². The molecule has 122 valence electrons. The predicted octanol–water partition coefficient (Wildman–Crippen LogP) is 1.23. The van der Waals surface area contributed by atoms with Crippen LogP contribution in [-0.4, -0.2) is 37.3 Å². The second-order valence-corrected chi connectivity index (χ2v) is 5.73. The molecule has 0 spiro atoms. The minimum absolute atomic E-state index is 0.123. The topological polar surface area (TPSA) is 89.0 Å². The standard InChI is InChI=1S/C15H16ClN3O4/c16-11-6-9(7-12-13(11)23-5-1-4-22-12)8-17-19-15(21)14(20)18-10-2-3-10/h6-8,10H,1-5H2,(H,18,20)(H,19,21)/b17-8-. The summed E-state index contributed by atoms with van der Waals surface area (Å²) >= 11 is 6.16. The molecule has 1 fully saturated rings. The molecular weight excluding hydrogens is 322 g/mol. The van der Waals surface area contributed by atoms with E-state index in [0.29, 0.717) is 35.3 Å². The first-order valence-electron chi connectivity index (χ1n) is 7.36. The molecule has 2 amide bonds. The van der Waals surface area contributed by atoms with E-state index < -0.39 is 11.8 Å². The van der Waals surface area contributed by atoms with Gasteiger partial charge in [0.25, 0.3) is 0 Å². The Hall–Kier alpha value is -2.28. The minimum Gasteiger partial charge on any atom is -0.489 e. The largest absolute Gasteiger partial charge is 0.489 e. The highest BCUT2D eigenvalue weighted by Gasteiger charge is 2.26. The second-order valence-electron chi connectivity index (χ2n) is 5.33. The summed E-state index contributed by atoms with van der Waals surface area (Å²) in [5, 5.41) is 6.75. The molecule has 1 aliphatic heterocycles. The van der Waals surface area contributed by atoms with Crippen LogP contribution in [0.3, 0.4) is 0 Å². The van der Waals surface area contributed by atoms with Gasteiger partial charge < -0.3 is 14.8 Å². The number of benzene rings is 1. The highest BCUT2D eigenvalue weighted by atomic mass is 35.5. The normalized spacial score (nSPS) is 16.7. The van der Waals surface area contributed by atoms with Crippen molar-refractivity contribution in [1.82, 2.24) is 10.7 Å². The lowest BCUT2D eigenvalue weighted by Gasteiger charge is -2.09. The third kappa shape index (κ3) is 4.13. The van der Waals surface area contributed by atoms with Crippen molar-refractivity contribution in [2.24, 2.45) is 5.10 Å². The van der Waals surface area contributed by atoms with Crippen molar-refractivity contribution < 1.29 is 19.1 Å². The van der Waals surface area contributed by atoms with Gasteiger partial charge in [-0.05, 0) is 30.5 Å². The van der Waals surface area contributed by atoms with Crippen molar-refractivity contribution in [2.75, 3.05) is 13.2 Å². The number of carbonyl (C=O) groups excluding carboxylic acids is 2. The Morgan fingerprint density at radius 1 is 1.22 bits per heavy atom. The lowest BCUT2D eigenvalue weighted by Crippen LogP contribution is -2.38. The van der Waals surface area contributed by atoms with Crippen molar-refractivity contribution in [1.29, 1.82) is 0 Å². The average Bonchev–Trinajstić information content (AvgIpc) is 3.33. The van der Waals surface area contributed by atoms with Crippen LogP contribution in [0.25, 0.3) is 0 Å². The molecule has 0 unspecified atom stereocenters. The van der Waals surface area contributed by atoms with Gasteiger partial charge in [0, 0.05) is 12.5 Å². The molecule has 2 N–H and O–H groups in total. The van der Waals surface area contributed by atoms with Crippen LogP contribution in [0.2, 0.25) is 5.02 Å². The Morgan fingerprint density at radius 3 is 2.78 bits per heavy atom. The smallest absolute Gasteiger partial charge is 0.329 e. The molecule has 1 aliphatic carbocycles. The SMILES string of the molecule is O=C(N/N=C\c1cc(Cl)c2c(c1)OCCCO2)C(=O)NC1CC1. The van der Waals surface area contributed by atoms with Gasteiger partial charge in [-0.2, -0.15) is 5.10 Å². The van der Waals surface area contributed by atoms with E-state index in [0.717, 1.165) is 19.3 Å². The second kappa shape index (κ2) is 6.87. The Kier molecular flexibility index (Phi) is 4.66. The van der Waals surface area contributed by atoms with E-state index in [1.165, 1.54) is 6.21 Å². The molecule has 0 atom stereocenters. The lowest BCUT2D eigenvalue weighted by molar-refractivity contribution is -0.139. The average molecular weight is 338 g/mol. The van der Waals surface area contributed by atoms with Crippen molar-refractivity contribution in [3.05, 3.63) is 22.7 Å². The van der Waals surface area contributed by atoms with Gasteiger partial charge in [0.2, 0.25) is 0 Å². The zero-order chi connectivity index (χ0) is 16.2. The number of amides is 2. The molecule has 0 aromatic heterocycles. The van der Waals surface area contributed by atoms with Gasteiger partial charge in [0.05, 0.1) is 24.5 Å². The number of carbonyl (C=O) groups is 2. The van der Waals surface area contributed by atoms with E-state index in [1.807, 2.05) is 0 Å². The summed E-state index contributed by atoms with van der Waals surface area (Å²) in [6.07, 6.45) is 4.00. The minimum atomic E-state index is -0.798. The Morgan fingerprint density at radius 2 is 2.00 bits per heavy atom. The van der Waals surface area contributed by atoms with Gasteiger partial charge in [-0.1, -0.05) is 11.6 Å². The summed E-state index contributed by atoms with van der Waals surface area (Å²) in [6, 6.07) is 3.49. The molecule has 7 nitrogen and oxygen atoms in total. The molecule has 23 heavy (non-hydrogen) atoms. The monoisotopic (exact) mass is 337 g/mol. The van der Waals surface area contributed by atoms with Crippen LogP contribution in [0.5, 0.6) is 11.5 Å². The Bertz CT molecular complexity index is 658. The predicted molar refractivity (Wildman–Crippen MR) is 84.0 cm³/mol. The summed E-state index contributed by atoms with van der Waals surface area (Å²) in [6.45, 7) is 1.09. The fourth-order valence-electron chi connectivity index (χ4n) is 2.02. The van der Waals surface area contributed by atoms with Crippen LogP contribution in [0.4, 0.5) is 0 Å². The van der Waals surface area contributed by atoms with E-state index in [4.69, 9.17) is 21.1 Å². The van der Waals surface area contributed by atoms with Gasteiger partial charge >= 0.3 is 11.8 Å². The van der Waals surface area contributed by atoms with Crippen LogP contribution in [0.15, 0.2) is 17.2 Å². The van der Waals surface area contributed by atoms with E-state index in [9.17, 15) is 9.59 Å². The van der Waals surface area contributed by atoms with Gasteiger partial charge in [-0.25, -0.2) is 5.43 Å². The number of ether oxygens (including phenoxy) is 2. The third-order valence-electron chi connectivity index (χ3n) is 3.32.